The van der Waals surface area contributed by atoms with E-state index in [0.29, 0.717) is 21.3 Å². The Kier molecular flexibility index (Phi) is 7.01. The lowest BCUT2D eigenvalue weighted by Crippen LogP contribution is -2.25. The van der Waals surface area contributed by atoms with Gasteiger partial charge in [-0.3, -0.25) is 9.59 Å². The Morgan fingerprint density at radius 3 is 2.58 bits per heavy atom. The van der Waals surface area contributed by atoms with E-state index in [1.165, 1.54) is 19.1 Å². The first-order valence-electron chi connectivity index (χ1n) is 8.91. The second kappa shape index (κ2) is 9.52. The molecule has 0 radical (unpaired) electrons. The van der Waals surface area contributed by atoms with Gasteiger partial charge in [0.2, 0.25) is 20.9 Å². The number of nitrogens with zero attached hydrogens (tertiary/aromatic N) is 2. The van der Waals surface area contributed by atoms with Crippen LogP contribution in [0.3, 0.4) is 0 Å². The van der Waals surface area contributed by atoms with Crippen molar-refractivity contribution in [3.63, 3.8) is 0 Å². The summed E-state index contributed by atoms with van der Waals surface area (Å²) in [6.45, 7) is 2.87. The van der Waals surface area contributed by atoms with E-state index in [0.717, 1.165) is 11.3 Å². The van der Waals surface area contributed by atoms with Crippen molar-refractivity contribution in [1.82, 2.24) is 14.9 Å². The Morgan fingerprint density at radius 1 is 1.10 bits per heavy atom. The largest absolute Gasteiger partial charge is 0.325 e. The Balaban J connectivity index is 1.71. The molecule has 31 heavy (non-hydrogen) atoms. The highest BCUT2D eigenvalue weighted by molar-refractivity contribution is 7.89. The van der Waals surface area contributed by atoms with Crippen LogP contribution in [0.1, 0.15) is 27.3 Å². The topological polar surface area (TPSA) is 130 Å². The van der Waals surface area contributed by atoms with Crippen molar-refractivity contribution < 1.29 is 18.0 Å². The maximum absolute atomic E-state index is 12.8. The number of carbonyl (C=O) groups excluding carboxylic acids is 2. The number of rotatable bonds is 7. The molecule has 3 N–H and O–H groups in total. The van der Waals surface area contributed by atoms with Crippen molar-refractivity contribution in [3.8, 4) is 0 Å². The average molecular weight is 480 g/mol. The van der Waals surface area contributed by atoms with E-state index in [1.807, 2.05) is 0 Å². The normalized spacial score (nSPS) is 11.2. The molecule has 1 aromatic heterocycles. The minimum atomic E-state index is -3.96. The first-order chi connectivity index (χ1) is 14.6. The predicted molar refractivity (Wildman–Crippen MR) is 119 cm³/mol. The number of sulfonamides is 1. The van der Waals surface area contributed by atoms with Gasteiger partial charge in [0.25, 0.3) is 5.91 Å². The van der Waals surface area contributed by atoms with E-state index >= 15 is 0 Å². The van der Waals surface area contributed by atoms with E-state index < -0.39 is 15.9 Å². The molecule has 0 spiro atoms. The molecule has 3 aromatic rings. The highest BCUT2D eigenvalue weighted by Crippen LogP contribution is 2.23. The Labute approximate surface area is 187 Å². The van der Waals surface area contributed by atoms with Crippen LogP contribution in [0, 0.1) is 6.92 Å². The van der Waals surface area contributed by atoms with Gasteiger partial charge in [-0.2, -0.15) is 0 Å². The van der Waals surface area contributed by atoms with Gasteiger partial charge in [-0.15, -0.1) is 10.2 Å². The lowest BCUT2D eigenvalue weighted by molar-refractivity contribution is -0.114. The van der Waals surface area contributed by atoms with Crippen LogP contribution in [0.4, 0.5) is 11.4 Å². The van der Waals surface area contributed by atoms with E-state index in [9.17, 15) is 18.0 Å². The van der Waals surface area contributed by atoms with Crippen molar-refractivity contribution in [3.05, 3.63) is 63.1 Å². The lowest BCUT2D eigenvalue weighted by Gasteiger charge is -2.12. The number of benzene rings is 2. The first kappa shape index (κ1) is 22.8. The molecular formula is C19H18ClN5O4S2. The molecule has 0 bridgehead atoms. The summed E-state index contributed by atoms with van der Waals surface area (Å²) in [5, 5.41) is 13.7. The van der Waals surface area contributed by atoms with Crippen LogP contribution < -0.4 is 15.4 Å². The molecule has 3 rings (SSSR count). The zero-order chi connectivity index (χ0) is 22.6. The number of hydrogen-bond acceptors (Lipinski definition) is 7. The zero-order valence-electron chi connectivity index (χ0n) is 16.5. The van der Waals surface area contributed by atoms with Crippen LogP contribution in [0.15, 0.2) is 47.4 Å². The summed E-state index contributed by atoms with van der Waals surface area (Å²) in [5.41, 5.74) is 1.38. The highest BCUT2D eigenvalue weighted by atomic mass is 35.5. The molecule has 2 aromatic carbocycles. The zero-order valence-corrected chi connectivity index (χ0v) is 18.9. The lowest BCUT2D eigenvalue weighted by atomic mass is 10.2. The molecule has 0 unspecified atom stereocenters. The summed E-state index contributed by atoms with van der Waals surface area (Å²) in [6.07, 6.45) is 0. The van der Waals surface area contributed by atoms with Crippen molar-refractivity contribution in [2.45, 2.75) is 25.3 Å². The summed E-state index contributed by atoms with van der Waals surface area (Å²) in [6, 6.07) is 11.3. The van der Waals surface area contributed by atoms with Crippen LogP contribution in [-0.4, -0.2) is 30.4 Å². The number of anilines is 2. The summed E-state index contributed by atoms with van der Waals surface area (Å²) in [4.78, 5) is 23.6. The molecule has 162 valence electrons. The van der Waals surface area contributed by atoms with Crippen molar-refractivity contribution in [1.29, 1.82) is 0 Å². The third-order valence-corrected chi connectivity index (χ3v) is 6.49. The van der Waals surface area contributed by atoms with Crippen LogP contribution in [0.25, 0.3) is 0 Å². The number of aryl methyl sites for hydroxylation is 1. The molecule has 0 saturated heterocycles. The molecule has 0 aliphatic heterocycles. The highest BCUT2D eigenvalue weighted by Gasteiger charge is 2.21. The molecule has 1 heterocycles. The monoisotopic (exact) mass is 479 g/mol. The second-order valence-electron chi connectivity index (χ2n) is 6.47. The van der Waals surface area contributed by atoms with Crippen LogP contribution in [0.2, 0.25) is 5.02 Å². The minimum Gasteiger partial charge on any atom is -0.325 e. The van der Waals surface area contributed by atoms with Gasteiger partial charge in [0.15, 0.2) is 0 Å². The van der Waals surface area contributed by atoms with Gasteiger partial charge < -0.3 is 10.6 Å². The Morgan fingerprint density at radius 2 is 1.87 bits per heavy atom. The summed E-state index contributed by atoms with van der Waals surface area (Å²) < 4.78 is 28.0. The number of hydrogen-bond donors (Lipinski definition) is 3. The standard InChI is InChI=1S/C19H18ClN5O4S2/c1-11-6-7-15(22-12(2)26)16(8-11)31(28,29)21-10-17-24-25-19(30-17)18(27)23-14-5-3-4-13(20)9-14/h3-9,21H,10H2,1-2H3,(H,22,26)(H,23,27). The SMILES string of the molecule is CC(=O)Nc1ccc(C)cc1S(=O)(=O)NCc1nnc(C(=O)Nc2cccc(Cl)c2)s1. The maximum atomic E-state index is 12.8. The molecule has 9 nitrogen and oxygen atoms in total. The van der Waals surface area contributed by atoms with Crippen LogP contribution >= 0.6 is 22.9 Å². The summed E-state index contributed by atoms with van der Waals surface area (Å²) in [5.74, 6) is -0.875. The second-order valence-corrected chi connectivity index (χ2v) is 9.70. The third-order valence-electron chi connectivity index (χ3n) is 3.89. The van der Waals surface area contributed by atoms with Crippen molar-refractivity contribution in [2.75, 3.05) is 10.6 Å². The summed E-state index contributed by atoms with van der Waals surface area (Å²) in [7, 11) is -3.96. The van der Waals surface area contributed by atoms with Gasteiger partial charge in [0.05, 0.1) is 12.2 Å². The third kappa shape index (κ3) is 6.07. The fourth-order valence-corrected chi connectivity index (χ4v) is 4.73. The van der Waals surface area contributed by atoms with Crippen LogP contribution in [-0.2, 0) is 21.4 Å². The fourth-order valence-electron chi connectivity index (χ4n) is 2.55. The van der Waals surface area contributed by atoms with Gasteiger partial charge in [0.1, 0.15) is 9.90 Å². The van der Waals surface area contributed by atoms with Crippen LogP contribution in [0.5, 0.6) is 0 Å². The summed E-state index contributed by atoms with van der Waals surface area (Å²) >= 11 is 6.85. The first-order valence-corrected chi connectivity index (χ1v) is 11.6. The molecule has 0 aliphatic carbocycles. The van der Waals surface area contributed by atoms with E-state index in [1.54, 1.807) is 37.3 Å². The number of nitrogens with one attached hydrogen (secondary N) is 3. The van der Waals surface area contributed by atoms with E-state index in [2.05, 4.69) is 25.6 Å². The number of halogens is 1. The maximum Gasteiger partial charge on any atom is 0.286 e. The molecule has 0 saturated carbocycles. The van der Waals surface area contributed by atoms with Gasteiger partial charge in [0, 0.05) is 17.6 Å². The fraction of sp³-hybridized carbons (Fsp3) is 0.158. The Bertz CT molecular complexity index is 1240. The molecule has 2 amide bonds. The molecule has 0 aliphatic rings. The average Bonchev–Trinajstić information content (AvgIpc) is 3.17. The smallest absolute Gasteiger partial charge is 0.286 e. The number of aromatic nitrogens is 2. The van der Waals surface area contributed by atoms with Gasteiger partial charge in [-0.1, -0.05) is 35.1 Å². The quantitative estimate of drug-likeness (QED) is 0.477. The molecule has 0 fully saturated rings. The van der Waals surface area contributed by atoms with E-state index in [-0.39, 0.29) is 28.0 Å². The number of amides is 2. The Hall–Kier alpha value is -2.86. The van der Waals surface area contributed by atoms with E-state index in [4.69, 9.17) is 11.6 Å². The van der Waals surface area contributed by atoms with Gasteiger partial charge in [-0.25, -0.2) is 13.1 Å². The minimum absolute atomic E-state index is 0.0638. The van der Waals surface area contributed by atoms with Gasteiger partial charge >= 0.3 is 0 Å². The van der Waals surface area contributed by atoms with Gasteiger partial charge in [-0.05, 0) is 42.8 Å². The molecule has 0 atom stereocenters. The predicted octanol–water partition coefficient (Wildman–Crippen LogP) is 3.19. The number of carbonyl (C=O) groups is 2. The molecular weight excluding hydrogens is 462 g/mol. The van der Waals surface area contributed by atoms with Crippen molar-refractivity contribution >= 4 is 56.2 Å². The molecule has 12 heteroatoms. The van der Waals surface area contributed by atoms with Crippen molar-refractivity contribution in [2.24, 2.45) is 0 Å².